The number of nitrogens with one attached hydrogen (secondary N) is 2. The van der Waals surface area contributed by atoms with E-state index in [0.717, 1.165) is 30.2 Å². The Balaban J connectivity index is 1.56. The molecule has 0 saturated heterocycles. The molecule has 0 radical (unpaired) electrons. The number of sulfonamides is 1. The molecule has 0 aliphatic rings. The summed E-state index contributed by atoms with van der Waals surface area (Å²) in [5, 5.41) is 10.3. The van der Waals surface area contributed by atoms with Gasteiger partial charge in [0.1, 0.15) is 5.82 Å². The minimum atomic E-state index is -3.42. The largest absolute Gasteiger partial charge is 0.382 e. The van der Waals surface area contributed by atoms with Gasteiger partial charge < -0.3 is 11.1 Å². The van der Waals surface area contributed by atoms with E-state index in [1.165, 1.54) is 30.3 Å². The van der Waals surface area contributed by atoms with E-state index in [1.807, 2.05) is 0 Å². The number of nitrogens with zero attached hydrogens (tertiary/aromatic N) is 3. The summed E-state index contributed by atoms with van der Waals surface area (Å²) in [7, 11) is -3.42. The highest BCUT2D eigenvalue weighted by Gasteiger charge is 2.17. The number of amides is 1. The zero-order valence-electron chi connectivity index (χ0n) is 18.0. The van der Waals surface area contributed by atoms with Crippen molar-refractivity contribution >= 4 is 44.9 Å². The lowest BCUT2D eigenvalue weighted by atomic mass is 10.2. The zero-order valence-corrected chi connectivity index (χ0v) is 19.7. The Morgan fingerprint density at radius 2 is 1.91 bits per heavy atom. The van der Waals surface area contributed by atoms with Crippen LogP contribution in [0, 0.1) is 5.82 Å². The van der Waals surface area contributed by atoms with Gasteiger partial charge in [-0.3, -0.25) is 9.52 Å². The summed E-state index contributed by atoms with van der Waals surface area (Å²) in [5.74, 6) is -1.25. The summed E-state index contributed by atoms with van der Waals surface area (Å²) in [6, 6.07) is 8.81. The van der Waals surface area contributed by atoms with Crippen LogP contribution in [0.2, 0.25) is 0 Å². The Bertz CT molecular complexity index is 1330. The number of rotatable bonds is 10. The number of aromatic nitrogens is 2. The number of hydrogen-bond donors (Lipinski definition) is 3. The van der Waals surface area contributed by atoms with Gasteiger partial charge in [0.15, 0.2) is 16.6 Å². The molecule has 4 N–H and O–H groups in total. The second-order valence-electron chi connectivity index (χ2n) is 6.98. The number of hydrogen-bond acceptors (Lipinski definition) is 8. The first-order chi connectivity index (χ1) is 16.5. The van der Waals surface area contributed by atoms with Gasteiger partial charge in [-0.15, -0.1) is 0 Å². The van der Waals surface area contributed by atoms with Gasteiger partial charge in [-0.2, -0.15) is 0 Å². The van der Waals surface area contributed by atoms with Crippen molar-refractivity contribution < 1.29 is 31.0 Å². The maximum absolute atomic E-state index is 13.5. The fourth-order valence-electron chi connectivity index (χ4n) is 2.71. The molecule has 10 nitrogen and oxygen atoms in total. The maximum Gasteiger partial charge on any atom is 0.266 e. The Kier molecular flexibility index (Phi) is 8.34. The number of anilines is 1. The van der Waals surface area contributed by atoms with Crippen molar-refractivity contribution in [3.63, 3.8) is 0 Å². The molecule has 1 aromatic heterocycles. The number of carbonyl (C=O) groups excluding carboxylic acids is 1. The fraction of sp³-hybridized carbons (Fsp3) is 0.200. The number of halogens is 3. The Morgan fingerprint density at radius 1 is 1.20 bits per heavy atom. The van der Waals surface area contributed by atoms with Crippen molar-refractivity contribution in [3.8, 4) is 0 Å². The molecule has 35 heavy (non-hydrogen) atoms. The lowest BCUT2D eigenvalue weighted by Gasteiger charge is -2.07. The minimum absolute atomic E-state index is 0.00293. The number of thioether (sulfide) groups is 1. The number of alkyl halides is 2. The van der Waals surface area contributed by atoms with Gasteiger partial charge in [-0.05, 0) is 52.8 Å². The van der Waals surface area contributed by atoms with E-state index >= 15 is 0 Å². The topological polar surface area (TPSA) is 153 Å². The van der Waals surface area contributed by atoms with Crippen LogP contribution in [-0.4, -0.2) is 49.0 Å². The molecule has 1 heterocycles. The van der Waals surface area contributed by atoms with Gasteiger partial charge in [0.05, 0.1) is 17.5 Å². The molecule has 1 amide bonds. The smallest absolute Gasteiger partial charge is 0.266 e. The highest BCUT2D eigenvalue weighted by molar-refractivity contribution is 7.99. The molecule has 15 heteroatoms. The number of carbonyl (C=O) groups is 1. The third-order valence-electron chi connectivity index (χ3n) is 4.24. The van der Waals surface area contributed by atoms with Gasteiger partial charge in [0.25, 0.3) is 12.3 Å². The summed E-state index contributed by atoms with van der Waals surface area (Å²) in [4.78, 5) is 16.2. The van der Waals surface area contributed by atoms with Gasteiger partial charge in [-0.1, -0.05) is 11.8 Å². The minimum Gasteiger partial charge on any atom is -0.382 e. The Hall–Kier alpha value is -3.59. The molecule has 186 valence electrons. The molecule has 0 bridgehead atoms. The molecule has 0 saturated carbocycles. The summed E-state index contributed by atoms with van der Waals surface area (Å²) < 4.78 is 68.7. The van der Waals surface area contributed by atoms with Crippen LogP contribution in [0.15, 0.2) is 57.1 Å². The summed E-state index contributed by atoms with van der Waals surface area (Å²) in [6.45, 7) is 0.228. The molecule has 0 aliphatic heterocycles. The van der Waals surface area contributed by atoms with Crippen molar-refractivity contribution in [1.82, 2.24) is 15.6 Å². The highest BCUT2D eigenvalue weighted by Crippen LogP contribution is 2.27. The normalized spacial score (nSPS) is 12.1. The van der Waals surface area contributed by atoms with Gasteiger partial charge in [-0.25, -0.2) is 31.2 Å². The summed E-state index contributed by atoms with van der Waals surface area (Å²) in [5.41, 5.74) is 5.82. The van der Waals surface area contributed by atoms with E-state index < -0.39 is 27.8 Å². The predicted octanol–water partition coefficient (Wildman–Crippen LogP) is 3.08. The van der Waals surface area contributed by atoms with Crippen LogP contribution in [0.5, 0.6) is 0 Å². The SMILES string of the molecule is CS(=O)(=O)Nc1ccc(C(=O)NCCSc2nonc2C(N)=Nc2ccc(F)c(C(F)F)c2)cc1. The lowest BCUT2D eigenvalue weighted by Crippen LogP contribution is -2.25. The maximum atomic E-state index is 13.5. The van der Waals surface area contributed by atoms with Crippen molar-refractivity contribution in [2.75, 3.05) is 23.3 Å². The molecule has 0 atom stereocenters. The Morgan fingerprint density at radius 3 is 2.57 bits per heavy atom. The van der Waals surface area contributed by atoms with E-state index in [0.29, 0.717) is 17.0 Å². The Labute approximate surface area is 202 Å². The average Bonchev–Trinajstić information content (AvgIpc) is 3.26. The van der Waals surface area contributed by atoms with Crippen molar-refractivity contribution in [3.05, 3.63) is 65.1 Å². The third-order valence-corrected chi connectivity index (χ3v) is 5.80. The van der Waals surface area contributed by atoms with Crippen LogP contribution in [0.4, 0.5) is 24.5 Å². The molecule has 0 spiro atoms. The van der Waals surface area contributed by atoms with Crippen LogP contribution in [0.3, 0.4) is 0 Å². The number of aliphatic imine (C=N–C) groups is 1. The average molecular weight is 529 g/mol. The standard InChI is InChI=1S/C20H19F3N6O4S2/c1-35(31,32)29-12-4-2-11(3-5-12)19(30)25-8-9-34-20-16(27-33-28-20)18(24)26-13-6-7-15(21)14(10-13)17(22)23/h2-7,10,17,29H,8-9H2,1H3,(H2,24,26)(H,25,30). The van der Waals surface area contributed by atoms with E-state index in [-0.39, 0.29) is 34.7 Å². The quantitative estimate of drug-likeness (QED) is 0.157. The molecule has 3 aromatic rings. The molecular formula is C20H19F3N6O4S2. The van der Waals surface area contributed by atoms with Crippen molar-refractivity contribution in [2.24, 2.45) is 10.7 Å². The van der Waals surface area contributed by atoms with Crippen LogP contribution in [-0.2, 0) is 10.0 Å². The van der Waals surface area contributed by atoms with E-state index in [2.05, 4.69) is 30.0 Å². The van der Waals surface area contributed by atoms with Crippen LogP contribution in [0.1, 0.15) is 28.0 Å². The number of nitrogens with two attached hydrogens (primary N) is 1. The van der Waals surface area contributed by atoms with Crippen molar-refractivity contribution in [2.45, 2.75) is 11.5 Å². The number of benzene rings is 2. The van der Waals surface area contributed by atoms with Gasteiger partial charge >= 0.3 is 0 Å². The van der Waals surface area contributed by atoms with E-state index in [9.17, 15) is 26.4 Å². The molecule has 0 fully saturated rings. The first-order valence-electron chi connectivity index (χ1n) is 9.77. The monoisotopic (exact) mass is 528 g/mol. The lowest BCUT2D eigenvalue weighted by molar-refractivity contribution is 0.0956. The molecule has 0 unspecified atom stereocenters. The van der Waals surface area contributed by atoms with Gasteiger partial charge in [0, 0.05) is 23.5 Å². The molecule has 2 aromatic carbocycles. The third kappa shape index (κ3) is 7.45. The van der Waals surface area contributed by atoms with Crippen LogP contribution in [0.25, 0.3) is 0 Å². The second-order valence-corrected chi connectivity index (χ2v) is 9.81. The molecule has 0 aliphatic carbocycles. The van der Waals surface area contributed by atoms with Crippen LogP contribution < -0.4 is 15.8 Å². The summed E-state index contributed by atoms with van der Waals surface area (Å²) in [6.07, 6.45) is -1.99. The zero-order chi connectivity index (χ0) is 25.6. The first kappa shape index (κ1) is 26.0. The van der Waals surface area contributed by atoms with Crippen LogP contribution >= 0.6 is 11.8 Å². The predicted molar refractivity (Wildman–Crippen MR) is 124 cm³/mol. The second kappa shape index (κ2) is 11.2. The van der Waals surface area contributed by atoms with E-state index in [1.54, 1.807) is 0 Å². The summed E-state index contributed by atoms with van der Waals surface area (Å²) >= 11 is 1.15. The van der Waals surface area contributed by atoms with Gasteiger partial charge in [0.2, 0.25) is 10.0 Å². The fourth-order valence-corrected chi connectivity index (χ4v) is 4.04. The van der Waals surface area contributed by atoms with E-state index in [4.69, 9.17) is 5.73 Å². The number of amidine groups is 1. The van der Waals surface area contributed by atoms with Crippen molar-refractivity contribution in [1.29, 1.82) is 0 Å². The first-order valence-corrected chi connectivity index (χ1v) is 12.6. The molecule has 3 rings (SSSR count). The molecular weight excluding hydrogens is 509 g/mol. The highest BCUT2D eigenvalue weighted by atomic mass is 32.2.